The molecule has 0 saturated heterocycles. The molecule has 1 N–H and O–H groups in total. The average molecular weight is 309 g/mol. The van der Waals surface area contributed by atoms with Gasteiger partial charge in [-0.2, -0.15) is 5.10 Å². The van der Waals surface area contributed by atoms with E-state index < -0.39 is 0 Å². The molecule has 4 nitrogen and oxygen atoms in total. The fourth-order valence-electron chi connectivity index (χ4n) is 3.87. The lowest BCUT2D eigenvalue weighted by atomic mass is 9.90. The zero-order chi connectivity index (χ0) is 16.0. The maximum atomic E-state index is 13.0. The van der Waals surface area contributed by atoms with Crippen molar-refractivity contribution in [2.75, 3.05) is 0 Å². The molecule has 2 aromatic rings. The molecule has 1 aromatic carbocycles. The van der Waals surface area contributed by atoms with Crippen molar-refractivity contribution in [2.45, 2.75) is 50.5 Å². The van der Waals surface area contributed by atoms with E-state index in [2.05, 4.69) is 41.6 Å². The molecule has 1 fully saturated rings. The minimum atomic E-state index is -0.300. The molecular formula is C19H23N3O. The Kier molecular flexibility index (Phi) is 3.29. The number of rotatable bonds is 3. The molecular weight excluding hydrogens is 286 g/mol. The second kappa shape index (κ2) is 5.22. The van der Waals surface area contributed by atoms with Gasteiger partial charge in [-0.1, -0.05) is 29.8 Å². The molecule has 2 aliphatic rings. The van der Waals surface area contributed by atoms with Crippen LogP contribution in [-0.4, -0.2) is 15.7 Å². The van der Waals surface area contributed by atoms with Crippen LogP contribution in [0.1, 0.15) is 54.1 Å². The number of carbonyl (C=O) groups excluding carboxylic acids is 1. The number of nitrogens with one attached hydrogen (secondary N) is 1. The highest BCUT2D eigenvalue weighted by molar-refractivity contribution is 5.91. The van der Waals surface area contributed by atoms with Crippen molar-refractivity contribution in [3.8, 4) is 0 Å². The van der Waals surface area contributed by atoms with Gasteiger partial charge in [0.2, 0.25) is 5.91 Å². The van der Waals surface area contributed by atoms with E-state index in [1.54, 1.807) is 0 Å². The van der Waals surface area contributed by atoms with Crippen LogP contribution in [0.3, 0.4) is 0 Å². The van der Waals surface area contributed by atoms with Gasteiger partial charge in [0.15, 0.2) is 0 Å². The Morgan fingerprint density at radius 1 is 1.39 bits per heavy atom. The zero-order valence-corrected chi connectivity index (χ0v) is 13.8. The van der Waals surface area contributed by atoms with E-state index in [0.29, 0.717) is 0 Å². The number of hydrogen-bond donors (Lipinski definition) is 1. The molecule has 4 heteroatoms. The number of nitrogens with zero attached hydrogens (tertiary/aromatic N) is 2. The summed E-state index contributed by atoms with van der Waals surface area (Å²) in [6.45, 7) is 2.08. The Bertz CT molecular complexity index is 758. The van der Waals surface area contributed by atoms with Crippen molar-refractivity contribution in [2.24, 2.45) is 7.05 Å². The lowest BCUT2D eigenvalue weighted by Gasteiger charge is -2.26. The third kappa shape index (κ3) is 2.37. The van der Waals surface area contributed by atoms with Gasteiger partial charge in [-0.15, -0.1) is 0 Å². The molecule has 2 aliphatic carbocycles. The smallest absolute Gasteiger partial charge is 0.231 e. The second-order valence-electron chi connectivity index (χ2n) is 7.04. The van der Waals surface area contributed by atoms with Gasteiger partial charge in [0.25, 0.3) is 0 Å². The van der Waals surface area contributed by atoms with Crippen LogP contribution >= 0.6 is 0 Å². The maximum Gasteiger partial charge on any atom is 0.231 e. The number of fused-ring (bicyclic) bond motifs is 1. The van der Waals surface area contributed by atoms with E-state index in [1.165, 1.54) is 16.8 Å². The van der Waals surface area contributed by atoms with Gasteiger partial charge in [0.05, 0.1) is 17.7 Å². The van der Waals surface area contributed by atoms with Gasteiger partial charge >= 0.3 is 0 Å². The minimum absolute atomic E-state index is 0.113. The van der Waals surface area contributed by atoms with Crippen LogP contribution < -0.4 is 5.32 Å². The third-order valence-electron chi connectivity index (χ3n) is 5.44. The second-order valence-corrected chi connectivity index (χ2v) is 7.04. The summed E-state index contributed by atoms with van der Waals surface area (Å²) in [7, 11) is 1.98. The van der Waals surface area contributed by atoms with Gasteiger partial charge in [-0.05, 0) is 44.6 Å². The predicted octanol–water partition coefficient (Wildman–Crippen LogP) is 2.95. The van der Waals surface area contributed by atoms with Gasteiger partial charge < -0.3 is 5.32 Å². The summed E-state index contributed by atoms with van der Waals surface area (Å²) >= 11 is 0. The normalized spacial score (nSPS) is 21.6. The molecule has 0 aliphatic heterocycles. The summed E-state index contributed by atoms with van der Waals surface area (Å²) in [5.74, 6) is 0.185. The highest BCUT2D eigenvalue weighted by Crippen LogP contribution is 2.49. The predicted molar refractivity (Wildman–Crippen MR) is 89.1 cm³/mol. The monoisotopic (exact) mass is 309 g/mol. The first kappa shape index (κ1) is 14.5. The minimum Gasteiger partial charge on any atom is -0.348 e. The molecule has 1 heterocycles. The summed E-state index contributed by atoms with van der Waals surface area (Å²) in [6, 6.07) is 8.50. The first-order valence-electron chi connectivity index (χ1n) is 8.49. The summed E-state index contributed by atoms with van der Waals surface area (Å²) in [5.41, 5.74) is 4.55. The number of carbonyl (C=O) groups is 1. The lowest BCUT2D eigenvalue weighted by molar-refractivity contribution is -0.124. The van der Waals surface area contributed by atoms with Gasteiger partial charge in [0.1, 0.15) is 0 Å². The van der Waals surface area contributed by atoms with E-state index in [1.807, 2.05) is 17.9 Å². The van der Waals surface area contributed by atoms with E-state index in [4.69, 9.17) is 0 Å². The van der Waals surface area contributed by atoms with Crippen molar-refractivity contribution in [1.29, 1.82) is 0 Å². The number of hydrogen-bond acceptors (Lipinski definition) is 2. The van der Waals surface area contributed by atoms with Gasteiger partial charge in [-0.3, -0.25) is 9.48 Å². The van der Waals surface area contributed by atoms with E-state index in [9.17, 15) is 4.79 Å². The fraction of sp³-hybridized carbons (Fsp3) is 0.474. The van der Waals surface area contributed by atoms with Crippen LogP contribution in [0, 0.1) is 6.92 Å². The molecule has 0 unspecified atom stereocenters. The third-order valence-corrected chi connectivity index (χ3v) is 5.44. The highest BCUT2D eigenvalue weighted by Gasteiger charge is 2.51. The number of amides is 1. The fourth-order valence-corrected chi connectivity index (χ4v) is 3.87. The van der Waals surface area contributed by atoms with Crippen molar-refractivity contribution in [3.63, 3.8) is 0 Å². The quantitative estimate of drug-likeness (QED) is 0.947. The van der Waals surface area contributed by atoms with Crippen molar-refractivity contribution in [3.05, 3.63) is 52.8 Å². The van der Waals surface area contributed by atoms with Crippen molar-refractivity contribution < 1.29 is 4.79 Å². The first-order chi connectivity index (χ1) is 11.1. The van der Waals surface area contributed by atoms with Crippen LogP contribution in [0.2, 0.25) is 0 Å². The summed E-state index contributed by atoms with van der Waals surface area (Å²) < 4.78 is 1.95. The number of aryl methyl sites for hydroxylation is 2. The van der Waals surface area contributed by atoms with Crippen LogP contribution in [0.25, 0.3) is 0 Å². The number of benzene rings is 1. The van der Waals surface area contributed by atoms with Crippen LogP contribution in [-0.2, 0) is 23.7 Å². The van der Waals surface area contributed by atoms with Crippen molar-refractivity contribution >= 4 is 5.91 Å². The van der Waals surface area contributed by atoms with E-state index in [-0.39, 0.29) is 17.4 Å². The molecule has 1 saturated carbocycles. The Morgan fingerprint density at radius 2 is 2.22 bits per heavy atom. The average Bonchev–Trinajstić information content (AvgIpc) is 3.27. The standard InChI is InChI=1S/C19H23N3O/c1-13-5-3-6-14(11-13)19(9-10-19)18(23)21-16-7-4-8-17-15(16)12-20-22(17)2/h3,5-6,11-12,16H,4,7-10H2,1-2H3,(H,21,23)/t16-/m1/s1. The Hall–Kier alpha value is -2.10. The topological polar surface area (TPSA) is 46.9 Å². The molecule has 0 bridgehead atoms. The van der Waals surface area contributed by atoms with Gasteiger partial charge in [-0.25, -0.2) is 0 Å². The molecule has 4 rings (SSSR count). The van der Waals surface area contributed by atoms with E-state index >= 15 is 0 Å². The Balaban J connectivity index is 1.57. The Labute approximate surface area is 136 Å². The molecule has 1 amide bonds. The van der Waals surface area contributed by atoms with Crippen LogP contribution in [0.5, 0.6) is 0 Å². The SMILES string of the molecule is Cc1cccc(C2(C(=O)N[C@@H]3CCCc4c3cnn4C)CC2)c1. The zero-order valence-electron chi connectivity index (χ0n) is 13.8. The Morgan fingerprint density at radius 3 is 2.96 bits per heavy atom. The first-order valence-corrected chi connectivity index (χ1v) is 8.49. The molecule has 120 valence electrons. The largest absolute Gasteiger partial charge is 0.348 e. The van der Waals surface area contributed by atoms with Crippen LogP contribution in [0.15, 0.2) is 30.5 Å². The van der Waals surface area contributed by atoms with Crippen LogP contribution in [0.4, 0.5) is 0 Å². The maximum absolute atomic E-state index is 13.0. The summed E-state index contributed by atoms with van der Waals surface area (Å²) in [4.78, 5) is 13.0. The van der Waals surface area contributed by atoms with E-state index in [0.717, 1.165) is 37.7 Å². The van der Waals surface area contributed by atoms with Crippen molar-refractivity contribution in [1.82, 2.24) is 15.1 Å². The van der Waals surface area contributed by atoms with Gasteiger partial charge in [0, 0.05) is 18.3 Å². The number of aromatic nitrogens is 2. The summed E-state index contributed by atoms with van der Waals surface area (Å²) in [5, 5.41) is 7.69. The molecule has 1 atom stereocenters. The summed E-state index contributed by atoms with van der Waals surface area (Å²) in [6.07, 6.45) is 7.00. The molecule has 0 spiro atoms. The highest BCUT2D eigenvalue weighted by atomic mass is 16.2. The molecule has 1 aromatic heterocycles. The lowest BCUT2D eigenvalue weighted by Crippen LogP contribution is -2.38. The molecule has 23 heavy (non-hydrogen) atoms. The molecule has 0 radical (unpaired) electrons.